The van der Waals surface area contributed by atoms with Crippen molar-refractivity contribution in [1.29, 1.82) is 0 Å². The lowest BCUT2D eigenvalue weighted by Gasteiger charge is -2.08. The van der Waals surface area contributed by atoms with Gasteiger partial charge >= 0.3 is 0 Å². The molecule has 3 aromatic heterocycles. The third-order valence-electron chi connectivity index (χ3n) is 5.03. The highest BCUT2D eigenvalue weighted by Crippen LogP contribution is 2.23. The van der Waals surface area contributed by atoms with Crippen LogP contribution in [0.25, 0.3) is 16.7 Å². The zero-order valence-corrected chi connectivity index (χ0v) is 16.6. The van der Waals surface area contributed by atoms with Gasteiger partial charge in [0.1, 0.15) is 28.5 Å². The number of ether oxygens (including phenoxy) is 1. The first-order chi connectivity index (χ1) is 15.1. The van der Waals surface area contributed by atoms with E-state index >= 15 is 0 Å². The van der Waals surface area contributed by atoms with E-state index in [1.165, 1.54) is 4.40 Å². The van der Waals surface area contributed by atoms with Crippen LogP contribution in [0.3, 0.4) is 0 Å². The summed E-state index contributed by atoms with van der Waals surface area (Å²) in [6.45, 7) is 0. The fourth-order valence-electron chi connectivity index (χ4n) is 3.46. The summed E-state index contributed by atoms with van der Waals surface area (Å²) < 4.78 is 8.87. The van der Waals surface area contributed by atoms with Gasteiger partial charge in [-0.25, -0.2) is 4.98 Å². The minimum atomic E-state index is -0.328. The number of rotatable bonds is 4. The fourth-order valence-corrected chi connectivity index (χ4v) is 3.46. The number of benzene rings is 2. The molecular formula is C24H18N4O3. The molecule has 0 aliphatic heterocycles. The average Bonchev–Trinajstić information content (AvgIpc) is 3.13. The Hall–Kier alpha value is -4.39. The van der Waals surface area contributed by atoms with Crippen molar-refractivity contribution in [3.05, 3.63) is 101 Å². The Morgan fingerprint density at radius 1 is 0.935 bits per heavy atom. The van der Waals surface area contributed by atoms with Crippen molar-refractivity contribution >= 4 is 28.3 Å². The van der Waals surface area contributed by atoms with Crippen molar-refractivity contribution in [2.24, 2.45) is 7.05 Å². The van der Waals surface area contributed by atoms with Gasteiger partial charge < -0.3 is 14.6 Å². The van der Waals surface area contributed by atoms with E-state index in [2.05, 4.69) is 10.3 Å². The van der Waals surface area contributed by atoms with Crippen molar-refractivity contribution in [3.63, 3.8) is 0 Å². The van der Waals surface area contributed by atoms with Crippen LogP contribution in [0.5, 0.6) is 11.5 Å². The molecule has 7 heteroatoms. The van der Waals surface area contributed by atoms with E-state index in [4.69, 9.17) is 4.74 Å². The number of nitrogens with one attached hydrogen (secondary N) is 1. The maximum Gasteiger partial charge on any atom is 0.272 e. The molecule has 3 heterocycles. The molecule has 31 heavy (non-hydrogen) atoms. The average molecular weight is 410 g/mol. The van der Waals surface area contributed by atoms with Crippen molar-refractivity contribution in [3.8, 4) is 11.5 Å². The Kier molecular flexibility index (Phi) is 4.48. The van der Waals surface area contributed by atoms with E-state index < -0.39 is 0 Å². The van der Waals surface area contributed by atoms with Crippen LogP contribution in [0.4, 0.5) is 5.69 Å². The molecule has 0 spiro atoms. The molecule has 0 bridgehead atoms. The summed E-state index contributed by atoms with van der Waals surface area (Å²) in [7, 11) is 1.72. The van der Waals surface area contributed by atoms with Gasteiger partial charge in [0.15, 0.2) is 0 Å². The second-order valence-corrected chi connectivity index (χ2v) is 7.07. The van der Waals surface area contributed by atoms with Gasteiger partial charge in [0, 0.05) is 18.9 Å². The lowest BCUT2D eigenvalue weighted by Crippen LogP contribution is -2.16. The number of aromatic nitrogens is 3. The number of aryl methyl sites for hydroxylation is 1. The zero-order chi connectivity index (χ0) is 21.4. The minimum absolute atomic E-state index is 0.210. The smallest absolute Gasteiger partial charge is 0.272 e. The van der Waals surface area contributed by atoms with E-state index in [0.29, 0.717) is 33.8 Å². The van der Waals surface area contributed by atoms with Crippen LogP contribution in [0.1, 0.15) is 10.5 Å². The quantitative estimate of drug-likeness (QED) is 0.481. The Morgan fingerprint density at radius 2 is 1.65 bits per heavy atom. The Labute approximate surface area is 177 Å². The Morgan fingerprint density at radius 3 is 2.42 bits per heavy atom. The summed E-state index contributed by atoms with van der Waals surface area (Å²) in [5.41, 5.74) is 1.75. The number of fused-ring (bicyclic) bond motifs is 2. The first kappa shape index (κ1) is 18.6. The van der Waals surface area contributed by atoms with E-state index in [1.54, 1.807) is 60.3 Å². The highest BCUT2D eigenvalue weighted by Gasteiger charge is 2.17. The van der Waals surface area contributed by atoms with Crippen LogP contribution < -0.4 is 15.6 Å². The van der Waals surface area contributed by atoms with Crippen molar-refractivity contribution in [2.45, 2.75) is 0 Å². The summed E-state index contributed by atoms with van der Waals surface area (Å²) in [6.07, 6.45) is 1.66. The molecule has 152 valence electrons. The molecule has 0 unspecified atom stereocenters. The number of pyridine rings is 1. The molecule has 0 aliphatic carbocycles. The van der Waals surface area contributed by atoms with Crippen LogP contribution in [0.15, 0.2) is 89.9 Å². The molecule has 5 aromatic rings. The highest BCUT2D eigenvalue weighted by molar-refractivity contribution is 6.06. The van der Waals surface area contributed by atoms with Gasteiger partial charge in [-0.15, -0.1) is 0 Å². The van der Waals surface area contributed by atoms with Gasteiger partial charge in [-0.1, -0.05) is 24.3 Å². The lowest BCUT2D eigenvalue weighted by atomic mass is 10.2. The minimum Gasteiger partial charge on any atom is -0.457 e. The first-order valence-electron chi connectivity index (χ1n) is 9.71. The fraction of sp³-hybridized carbons (Fsp3) is 0.0417. The number of carbonyl (C=O) groups is 1. The van der Waals surface area contributed by atoms with Gasteiger partial charge in [0.25, 0.3) is 11.5 Å². The topological polar surface area (TPSA) is 77.6 Å². The van der Waals surface area contributed by atoms with Crippen LogP contribution in [-0.2, 0) is 7.05 Å². The van der Waals surface area contributed by atoms with E-state index in [0.717, 1.165) is 5.75 Å². The van der Waals surface area contributed by atoms with Gasteiger partial charge in [-0.05, 0) is 54.6 Å². The van der Waals surface area contributed by atoms with Gasteiger partial charge in [-0.2, -0.15) is 0 Å². The molecule has 0 atom stereocenters. The largest absolute Gasteiger partial charge is 0.457 e. The monoisotopic (exact) mass is 410 g/mol. The van der Waals surface area contributed by atoms with Crippen LogP contribution >= 0.6 is 0 Å². The lowest BCUT2D eigenvalue weighted by molar-refractivity contribution is 0.101. The molecule has 1 amide bonds. The normalized spacial score (nSPS) is 11.0. The van der Waals surface area contributed by atoms with Crippen molar-refractivity contribution in [2.75, 3.05) is 5.32 Å². The summed E-state index contributed by atoms with van der Waals surface area (Å²) >= 11 is 0. The molecule has 0 aliphatic rings. The van der Waals surface area contributed by atoms with Gasteiger partial charge in [0.2, 0.25) is 0 Å². The standard InChI is InChI=1S/C24H18N4O3/c1-27-20(15-19-22(27)26-21-9-5-6-14-28(21)24(19)30)23(29)25-16-10-12-18(13-11-16)31-17-7-3-2-4-8-17/h2-15H,1H3,(H,25,29). The molecular weight excluding hydrogens is 392 g/mol. The number of nitrogens with zero attached hydrogens (tertiary/aromatic N) is 3. The predicted molar refractivity (Wildman–Crippen MR) is 119 cm³/mol. The van der Waals surface area contributed by atoms with E-state index in [1.807, 2.05) is 36.4 Å². The van der Waals surface area contributed by atoms with Crippen LogP contribution in [0.2, 0.25) is 0 Å². The van der Waals surface area contributed by atoms with Crippen LogP contribution in [-0.4, -0.2) is 19.9 Å². The Balaban J connectivity index is 1.41. The summed E-state index contributed by atoms with van der Waals surface area (Å²) in [5.74, 6) is 1.07. The maximum absolute atomic E-state index is 12.9. The van der Waals surface area contributed by atoms with Crippen molar-refractivity contribution < 1.29 is 9.53 Å². The Bertz CT molecular complexity index is 1470. The third-order valence-corrected chi connectivity index (χ3v) is 5.03. The first-order valence-corrected chi connectivity index (χ1v) is 9.71. The number of carbonyl (C=O) groups excluding carboxylic acids is 1. The SMILES string of the molecule is Cn1c(C(=O)Nc2ccc(Oc3ccccc3)cc2)cc2c(=O)n3ccccc3nc21. The molecule has 5 rings (SSSR count). The highest BCUT2D eigenvalue weighted by atomic mass is 16.5. The molecule has 0 saturated heterocycles. The number of hydrogen-bond acceptors (Lipinski definition) is 4. The number of hydrogen-bond donors (Lipinski definition) is 1. The molecule has 2 aromatic carbocycles. The van der Waals surface area contributed by atoms with Gasteiger partial charge in [-0.3, -0.25) is 14.0 Å². The number of amides is 1. The summed E-state index contributed by atoms with van der Waals surface area (Å²) in [5, 5.41) is 3.25. The zero-order valence-electron chi connectivity index (χ0n) is 16.6. The molecule has 1 N–H and O–H groups in total. The third kappa shape index (κ3) is 3.42. The molecule has 0 radical (unpaired) electrons. The van der Waals surface area contributed by atoms with Crippen LogP contribution in [0, 0.1) is 0 Å². The molecule has 0 saturated carbocycles. The predicted octanol–water partition coefficient (Wildman–Crippen LogP) is 4.23. The number of para-hydroxylation sites is 1. The molecule has 7 nitrogen and oxygen atoms in total. The van der Waals surface area contributed by atoms with Gasteiger partial charge in [0.05, 0.1) is 5.39 Å². The van der Waals surface area contributed by atoms with E-state index in [9.17, 15) is 9.59 Å². The second-order valence-electron chi connectivity index (χ2n) is 7.07. The van der Waals surface area contributed by atoms with E-state index in [-0.39, 0.29) is 11.5 Å². The second kappa shape index (κ2) is 7.46. The number of anilines is 1. The van der Waals surface area contributed by atoms with Crippen molar-refractivity contribution in [1.82, 2.24) is 14.0 Å². The summed E-state index contributed by atoms with van der Waals surface area (Å²) in [6, 6.07) is 23.5. The maximum atomic E-state index is 12.9. The summed E-state index contributed by atoms with van der Waals surface area (Å²) in [4.78, 5) is 30.2. The molecule has 0 fully saturated rings.